The second-order valence-corrected chi connectivity index (χ2v) is 5.24. The van der Waals surface area contributed by atoms with Crippen LogP contribution in [0.25, 0.3) is 0 Å². The lowest BCUT2D eigenvalue weighted by atomic mass is 9.93. The topological polar surface area (TPSA) is 54.4 Å². The first-order valence-electron chi connectivity index (χ1n) is 7.17. The summed E-state index contributed by atoms with van der Waals surface area (Å²) in [6, 6.07) is 6.60. The molecule has 0 aliphatic heterocycles. The molecule has 0 unspecified atom stereocenters. The lowest BCUT2D eigenvalue weighted by Gasteiger charge is -2.16. The molecular formula is C17H20O3. The smallest absolute Gasteiger partial charge is 0.203 e. The van der Waals surface area contributed by atoms with Gasteiger partial charge in [-0.25, -0.2) is 0 Å². The van der Waals surface area contributed by atoms with Gasteiger partial charge in [0.05, 0.1) is 0 Å². The Kier molecular flexibility index (Phi) is 4.50. The van der Waals surface area contributed by atoms with Crippen molar-refractivity contribution in [2.45, 2.75) is 44.6 Å². The van der Waals surface area contributed by atoms with Crippen LogP contribution < -0.4 is 0 Å². The van der Waals surface area contributed by atoms with E-state index in [1.807, 2.05) is 6.08 Å². The molecule has 0 atom stereocenters. The first kappa shape index (κ1) is 14.7. The molecule has 0 amide bonds. The zero-order valence-corrected chi connectivity index (χ0v) is 11.8. The number of unbranched alkanes of at least 4 members (excludes halogenated alkanes) is 3. The molecule has 0 saturated heterocycles. The van der Waals surface area contributed by atoms with Gasteiger partial charge in [0.2, 0.25) is 11.6 Å². The number of allylic oxidation sites excluding steroid dienone is 1. The number of hydrogen-bond donors (Lipinski definition) is 1. The number of hydrogen-bond acceptors (Lipinski definition) is 3. The Morgan fingerprint density at radius 2 is 1.65 bits per heavy atom. The van der Waals surface area contributed by atoms with Gasteiger partial charge in [-0.2, -0.15) is 0 Å². The minimum absolute atomic E-state index is 0.0610. The summed E-state index contributed by atoms with van der Waals surface area (Å²) < 4.78 is 0. The van der Waals surface area contributed by atoms with E-state index in [2.05, 4.69) is 6.92 Å². The molecule has 0 saturated carbocycles. The van der Waals surface area contributed by atoms with E-state index in [-0.39, 0.29) is 6.42 Å². The van der Waals surface area contributed by atoms with Gasteiger partial charge in [0.15, 0.2) is 5.60 Å². The van der Waals surface area contributed by atoms with Crippen molar-refractivity contribution in [3.05, 3.63) is 47.5 Å². The second kappa shape index (κ2) is 6.14. The Bertz CT molecular complexity index is 508. The largest absolute Gasteiger partial charge is 0.374 e. The van der Waals surface area contributed by atoms with Crippen molar-refractivity contribution in [1.82, 2.24) is 0 Å². The summed E-state index contributed by atoms with van der Waals surface area (Å²) in [5.74, 6) is -0.951. The van der Waals surface area contributed by atoms with Crippen LogP contribution >= 0.6 is 0 Å². The van der Waals surface area contributed by atoms with Crippen LogP contribution in [-0.2, 0) is 0 Å². The fraction of sp³-hybridized carbons (Fsp3) is 0.412. The highest BCUT2D eigenvalue weighted by atomic mass is 16.3. The van der Waals surface area contributed by atoms with E-state index in [9.17, 15) is 14.7 Å². The molecule has 3 nitrogen and oxygen atoms in total. The van der Waals surface area contributed by atoms with Gasteiger partial charge in [0, 0.05) is 17.5 Å². The predicted molar refractivity (Wildman–Crippen MR) is 78.0 cm³/mol. The predicted octanol–water partition coefficient (Wildman–Crippen LogP) is 3.32. The van der Waals surface area contributed by atoms with Crippen LogP contribution in [0.5, 0.6) is 0 Å². The SMILES string of the molecule is CCCCC/C=C/CC1(O)C(=O)c2ccccc2C1=O. The van der Waals surface area contributed by atoms with Crippen LogP contribution in [0.1, 0.15) is 59.7 Å². The lowest BCUT2D eigenvalue weighted by molar-refractivity contribution is 0.0343. The molecule has 3 heteroatoms. The summed E-state index contributed by atoms with van der Waals surface area (Å²) in [5.41, 5.74) is -1.23. The summed E-state index contributed by atoms with van der Waals surface area (Å²) >= 11 is 0. The van der Waals surface area contributed by atoms with Crippen molar-refractivity contribution in [3.8, 4) is 0 Å². The highest BCUT2D eigenvalue weighted by Crippen LogP contribution is 2.32. The monoisotopic (exact) mass is 272 g/mol. The molecule has 0 spiro atoms. The van der Waals surface area contributed by atoms with Gasteiger partial charge in [-0.05, 0) is 12.8 Å². The maximum Gasteiger partial charge on any atom is 0.203 e. The number of benzene rings is 1. The molecule has 1 N–H and O–H groups in total. The van der Waals surface area contributed by atoms with Crippen LogP contribution in [0, 0.1) is 0 Å². The molecule has 1 aliphatic carbocycles. The van der Waals surface area contributed by atoms with Gasteiger partial charge in [-0.3, -0.25) is 9.59 Å². The molecule has 1 aromatic rings. The van der Waals surface area contributed by atoms with Gasteiger partial charge in [-0.1, -0.05) is 56.2 Å². The van der Waals surface area contributed by atoms with Crippen LogP contribution in [0.2, 0.25) is 0 Å². The zero-order chi connectivity index (χ0) is 14.6. The molecule has 0 fully saturated rings. The molecule has 1 aliphatic rings. The van der Waals surface area contributed by atoms with E-state index in [1.54, 1.807) is 30.3 Å². The van der Waals surface area contributed by atoms with E-state index in [0.29, 0.717) is 11.1 Å². The molecule has 0 radical (unpaired) electrons. The summed E-state index contributed by atoms with van der Waals surface area (Å²) in [6.07, 6.45) is 8.08. The van der Waals surface area contributed by atoms with Crippen molar-refractivity contribution < 1.29 is 14.7 Å². The number of ketones is 2. The van der Waals surface area contributed by atoms with E-state index in [1.165, 1.54) is 0 Å². The lowest BCUT2D eigenvalue weighted by Crippen LogP contribution is -2.40. The molecule has 0 aromatic heterocycles. The Hall–Kier alpha value is -1.74. The minimum atomic E-state index is -1.90. The molecule has 2 rings (SSSR count). The second-order valence-electron chi connectivity index (χ2n) is 5.24. The van der Waals surface area contributed by atoms with Crippen molar-refractivity contribution in [2.24, 2.45) is 0 Å². The summed E-state index contributed by atoms with van der Waals surface area (Å²) in [5, 5.41) is 10.4. The maximum absolute atomic E-state index is 12.2. The third-order valence-electron chi connectivity index (χ3n) is 3.72. The summed E-state index contributed by atoms with van der Waals surface area (Å²) in [7, 11) is 0. The Labute approximate surface area is 119 Å². The first-order chi connectivity index (χ1) is 9.61. The van der Waals surface area contributed by atoms with E-state index >= 15 is 0 Å². The van der Waals surface area contributed by atoms with Crippen molar-refractivity contribution >= 4 is 11.6 Å². The maximum atomic E-state index is 12.2. The molecular weight excluding hydrogens is 252 g/mol. The number of carbonyl (C=O) groups is 2. The molecule has 20 heavy (non-hydrogen) atoms. The first-order valence-corrected chi connectivity index (χ1v) is 7.17. The average molecular weight is 272 g/mol. The zero-order valence-electron chi connectivity index (χ0n) is 11.8. The highest BCUT2D eigenvalue weighted by molar-refractivity contribution is 6.31. The summed E-state index contributed by atoms with van der Waals surface area (Å²) in [6.45, 7) is 2.14. The van der Waals surface area contributed by atoms with Crippen molar-refractivity contribution in [2.75, 3.05) is 0 Å². The number of rotatable bonds is 6. The van der Waals surface area contributed by atoms with E-state index < -0.39 is 17.2 Å². The normalized spacial score (nSPS) is 16.9. The van der Waals surface area contributed by atoms with Gasteiger partial charge in [0.25, 0.3) is 0 Å². The molecule has 0 heterocycles. The van der Waals surface area contributed by atoms with Gasteiger partial charge < -0.3 is 5.11 Å². The van der Waals surface area contributed by atoms with Crippen LogP contribution in [0.3, 0.4) is 0 Å². The third kappa shape index (κ3) is 2.59. The van der Waals surface area contributed by atoms with Gasteiger partial charge >= 0.3 is 0 Å². The summed E-state index contributed by atoms with van der Waals surface area (Å²) in [4.78, 5) is 24.4. The number of Topliss-reactive ketones (excluding diaryl/α,β-unsaturated/α-hetero) is 2. The Balaban J connectivity index is 2.05. The Morgan fingerprint density at radius 1 is 1.05 bits per heavy atom. The highest BCUT2D eigenvalue weighted by Gasteiger charge is 2.50. The standard InChI is InChI=1S/C17H20O3/c1-2-3-4-5-6-9-12-17(20)15(18)13-10-7-8-11-14(13)16(17)19/h6-11,20H,2-5,12H2,1H3/b9-6+. The molecule has 1 aromatic carbocycles. The number of aliphatic hydroxyl groups is 1. The minimum Gasteiger partial charge on any atom is -0.374 e. The quantitative estimate of drug-likeness (QED) is 0.491. The van der Waals surface area contributed by atoms with Crippen molar-refractivity contribution in [3.63, 3.8) is 0 Å². The molecule has 0 bridgehead atoms. The fourth-order valence-electron chi connectivity index (χ4n) is 2.50. The van der Waals surface area contributed by atoms with E-state index in [0.717, 1.165) is 25.7 Å². The third-order valence-corrected chi connectivity index (χ3v) is 3.72. The van der Waals surface area contributed by atoms with Gasteiger partial charge in [0.1, 0.15) is 0 Å². The van der Waals surface area contributed by atoms with Crippen LogP contribution in [-0.4, -0.2) is 22.3 Å². The van der Waals surface area contributed by atoms with Crippen LogP contribution in [0.4, 0.5) is 0 Å². The average Bonchev–Trinajstić information content (AvgIpc) is 2.66. The van der Waals surface area contributed by atoms with E-state index in [4.69, 9.17) is 0 Å². The Morgan fingerprint density at radius 3 is 2.20 bits per heavy atom. The molecule has 106 valence electrons. The number of fused-ring (bicyclic) bond motifs is 1. The fourth-order valence-corrected chi connectivity index (χ4v) is 2.50. The van der Waals surface area contributed by atoms with Crippen LogP contribution in [0.15, 0.2) is 36.4 Å². The number of carbonyl (C=O) groups excluding carboxylic acids is 2. The van der Waals surface area contributed by atoms with Crippen molar-refractivity contribution in [1.29, 1.82) is 0 Å². The van der Waals surface area contributed by atoms with Gasteiger partial charge in [-0.15, -0.1) is 0 Å².